The zero-order chi connectivity index (χ0) is 15.4. The van der Waals surface area contributed by atoms with Gasteiger partial charge in [0, 0.05) is 16.8 Å². The van der Waals surface area contributed by atoms with Gasteiger partial charge in [-0.15, -0.1) is 0 Å². The molecule has 6 heteroatoms. The van der Waals surface area contributed by atoms with Gasteiger partial charge in [0.05, 0.1) is 12.2 Å². The van der Waals surface area contributed by atoms with Crippen molar-refractivity contribution in [3.8, 4) is 0 Å². The first-order valence-corrected chi connectivity index (χ1v) is 7.97. The topological polar surface area (TPSA) is 59.0 Å². The van der Waals surface area contributed by atoms with Crippen LogP contribution in [0.15, 0.2) is 36.5 Å². The van der Waals surface area contributed by atoms with Crippen LogP contribution in [-0.2, 0) is 0 Å². The van der Waals surface area contributed by atoms with Crippen LogP contribution in [0.3, 0.4) is 0 Å². The Morgan fingerprint density at radius 1 is 1.09 bits per heavy atom. The van der Waals surface area contributed by atoms with Gasteiger partial charge < -0.3 is 5.32 Å². The van der Waals surface area contributed by atoms with E-state index in [0.717, 1.165) is 18.7 Å². The minimum Gasteiger partial charge on any atom is -0.308 e. The Labute approximate surface area is 134 Å². The number of hydrogen-bond donors (Lipinski definition) is 2. The van der Waals surface area contributed by atoms with Crippen LogP contribution in [0.1, 0.15) is 38.1 Å². The van der Waals surface area contributed by atoms with E-state index in [2.05, 4.69) is 15.7 Å². The molecule has 2 amide bonds. The van der Waals surface area contributed by atoms with Gasteiger partial charge >= 0.3 is 6.03 Å². The fourth-order valence-electron chi connectivity index (χ4n) is 2.84. The van der Waals surface area contributed by atoms with Gasteiger partial charge in [-0.3, -0.25) is 5.32 Å². The van der Waals surface area contributed by atoms with Crippen molar-refractivity contribution in [3.63, 3.8) is 0 Å². The summed E-state index contributed by atoms with van der Waals surface area (Å²) in [6.07, 6.45) is 7.70. The Kier molecular flexibility index (Phi) is 4.63. The first-order valence-electron chi connectivity index (χ1n) is 7.59. The highest BCUT2D eigenvalue weighted by Crippen LogP contribution is 2.29. The van der Waals surface area contributed by atoms with Crippen LogP contribution >= 0.6 is 11.6 Å². The van der Waals surface area contributed by atoms with E-state index in [-0.39, 0.29) is 6.03 Å². The van der Waals surface area contributed by atoms with Crippen LogP contribution in [0.5, 0.6) is 0 Å². The lowest BCUT2D eigenvalue weighted by Gasteiger charge is -2.23. The Balaban J connectivity index is 1.64. The van der Waals surface area contributed by atoms with Gasteiger partial charge in [-0.25, -0.2) is 9.48 Å². The van der Waals surface area contributed by atoms with E-state index in [1.54, 1.807) is 30.5 Å². The van der Waals surface area contributed by atoms with Crippen LogP contribution in [0.25, 0.3) is 0 Å². The van der Waals surface area contributed by atoms with Crippen molar-refractivity contribution in [2.24, 2.45) is 0 Å². The van der Waals surface area contributed by atoms with Gasteiger partial charge in [-0.1, -0.05) is 30.9 Å². The number of halogens is 1. The van der Waals surface area contributed by atoms with Crippen molar-refractivity contribution >= 4 is 29.1 Å². The molecule has 2 N–H and O–H groups in total. The van der Waals surface area contributed by atoms with E-state index in [0.29, 0.717) is 16.8 Å². The van der Waals surface area contributed by atoms with Crippen molar-refractivity contribution in [3.05, 3.63) is 41.6 Å². The van der Waals surface area contributed by atoms with Crippen LogP contribution in [-0.4, -0.2) is 15.8 Å². The summed E-state index contributed by atoms with van der Waals surface area (Å²) >= 11 is 5.83. The third kappa shape index (κ3) is 3.60. The lowest BCUT2D eigenvalue weighted by Crippen LogP contribution is -2.23. The molecule has 1 fully saturated rings. The molecule has 0 saturated heterocycles. The monoisotopic (exact) mass is 318 g/mol. The van der Waals surface area contributed by atoms with Gasteiger partial charge in [-0.05, 0) is 37.1 Å². The molecule has 0 bridgehead atoms. The van der Waals surface area contributed by atoms with Crippen LogP contribution in [0, 0.1) is 0 Å². The number of rotatable bonds is 3. The normalized spacial score (nSPS) is 15.5. The predicted molar refractivity (Wildman–Crippen MR) is 88.4 cm³/mol. The molecule has 0 unspecified atom stereocenters. The summed E-state index contributed by atoms with van der Waals surface area (Å²) in [5.41, 5.74) is 0.700. The smallest absolute Gasteiger partial charge is 0.308 e. The number of carbonyl (C=O) groups excluding carboxylic acids is 1. The van der Waals surface area contributed by atoms with E-state index < -0.39 is 0 Å². The van der Waals surface area contributed by atoms with Gasteiger partial charge in [-0.2, -0.15) is 5.10 Å². The molecular weight excluding hydrogens is 300 g/mol. The second-order valence-corrected chi connectivity index (χ2v) is 5.98. The molecule has 116 valence electrons. The number of hydrogen-bond acceptors (Lipinski definition) is 2. The molecule has 1 heterocycles. The largest absolute Gasteiger partial charge is 0.324 e. The van der Waals surface area contributed by atoms with Crippen LogP contribution < -0.4 is 10.6 Å². The lowest BCUT2D eigenvalue weighted by atomic mass is 9.96. The summed E-state index contributed by atoms with van der Waals surface area (Å²) in [4.78, 5) is 12.1. The second-order valence-electron chi connectivity index (χ2n) is 5.54. The van der Waals surface area contributed by atoms with Crippen molar-refractivity contribution in [1.82, 2.24) is 9.78 Å². The summed E-state index contributed by atoms with van der Waals surface area (Å²) in [6, 6.07) is 8.94. The number of benzene rings is 1. The van der Waals surface area contributed by atoms with Crippen LogP contribution in [0.2, 0.25) is 5.02 Å². The van der Waals surface area contributed by atoms with Crippen LogP contribution in [0.4, 0.5) is 16.3 Å². The SMILES string of the molecule is O=C(Nc1ccc(Cl)cc1)Nc1ccnn1C1CCCCC1. The Hall–Kier alpha value is -2.01. The Morgan fingerprint density at radius 2 is 1.82 bits per heavy atom. The standard InChI is InChI=1S/C16H19ClN4O/c17-12-6-8-13(9-7-12)19-16(22)20-15-10-11-18-21(15)14-4-2-1-3-5-14/h6-11,14H,1-5H2,(H2,19,20,22). The molecule has 1 saturated carbocycles. The summed E-state index contributed by atoms with van der Waals surface area (Å²) < 4.78 is 1.93. The summed E-state index contributed by atoms with van der Waals surface area (Å²) in [6.45, 7) is 0. The van der Waals surface area contributed by atoms with E-state index in [4.69, 9.17) is 11.6 Å². The maximum atomic E-state index is 12.1. The zero-order valence-electron chi connectivity index (χ0n) is 12.3. The molecule has 22 heavy (non-hydrogen) atoms. The Morgan fingerprint density at radius 3 is 2.55 bits per heavy atom. The lowest BCUT2D eigenvalue weighted by molar-refractivity contribution is 0.261. The third-order valence-corrected chi connectivity index (χ3v) is 4.19. The van der Waals surface area contributed by atoms with Gasteiger partial charge in [0.1, 0.15) is 5.82 Å². The molecule has 1 aromatic heterocycles. The number of nitrogens with one attached hydrogen (secondary N) is 2. The minimum atomic E-state index is -0.278. The van der Waals surface area contributed by atoms with Crippen molar-refractivity contribution in [1.29, 1.82) is 0 Å². The average molecular weight is 319 g/mol. The molecule has 5 nitrogen and oxygen atoms in total. The maximum absolute atomic E-state index is 12.1. The van der Waals surface area contributed by atoms with Gasteiger partial charge in [0.15, 0.2) is 0 Å². The Bertz CT molecular complexity index is 632. The molecular formula is C16H19ClN4O. The first kappa shape index (κ1) is 14.9. The number of urea groups is 1. The molecule has 0 atom stereocenters. The van der Waals surface area contributed by atoms with E-state index in [1.165, 1.54) is 19.3 Å². The molecule has 1 aliphatic rings. The predicted octanol–water partition coefficient (Wildman–Crippen LogP) is 4.69. The van der Waals surface area contributed by atoms with Crippen molar-refractivity contribution < 1.29 is 4.79 Å². The third-order valence-electron chi connectivity index (χ3n) is 3.93. The number of amides is 2. The number of anilines is 2. The first-order chi connectivity index (χ1) is 10.7. The van der Waals surface area contributed by atoms with Crippen molar-refractivity contribution in [2.75, 3.05) is 10.6 Å². The highest BCUT2D eigenvalue weighted by atomic mass is 35.5. The summed E-state index contributed by atoms with van der Waals surface area (Å²) in [7, 11) is 0. The fraction of sp³-hybridized carbons (Fsp3) is 0.375. The highest BCUT2D eigenvalue weighted by Gasteiger charge is 2.19. The number of aromatic nitrogens is 2. The zero-order valence-corrected chi connectivity index (χ0v) is 13.0. The number of nitrogens with zero attached hydrogens (tertiary/aromatic N) is 2. The maximum Gasteiger partial charge on any atom is 0.324 e. The quantitative estimate of drug-likeness (QED) is 0.862. The van der Waals surface area contributed by atoms with Gasteiger partial charge in [0.25, 0.3) is 0 Å². The summed E-state index contributed by atoms with van der Waals surface area (Å²) in [5, 5.41) is 10.7. The molecule has 0 spiro atoms. The average Bonchev–Trinajstić information content (AvgIpc) is 2.98. The molecule has 0 aliphatic heterocycles. The fourth-order valence-corrected chi connectivity index (χ4v) is 2.97. The van der Waals surface area contributed by atoms with Gasteiger partial charge in [0.2, 0.25) is 0 Å². The summed E-state index contributed by atoms with van der Waals surface area (Å²) in [5.74, 6) is 0.735. The minimum absolute atomic E-state index is 0.278. The molecule has 2 aromatic rings. The van der Waals surface area contributed by atoms with Crippen molar-refractivity contribution in [2.45, 2.75) is 38.1 Å². The van der Waals surface area contributed by atoms with E-state index in [9.17, 15) is 4.79 Å². The van der Waals surface area contributed by atoms with E-state index in [1.807, 2.05) is 10.7 Å². The molecule has 3 rings (SSSR count). The molecule has 1 aromatic carbocycles. The number of carbonyl (C=O) groups is 1. The second kappa shape index (κ2) is 6.83. The highest BCUT2D eigenvalue weighted by molar-refractivity contribution is 6.30. The van der Waals surface area contributed by atoms with E-state index >= 15 is 0 Å². The molecule has 0 radical (unpaired) electrons. The molecule has 1 aliphatic carbocycles.